The summed E-state index contributed by atoms with van der Waals surface area (Å²) in [6.45, 7) is 5.31. The molecule has 1 fully saturated rings. The smallest absolute Gasteiger partial charge is 0.241 e. The summed E-state index contributed by atoms with van der Waals surface area (Å²) in [6, 6.07) is 4.76. The van der Waals surface area contributed by atoms with Crippen molar-refractivity contribution in [2.75, 3.05) is 38.1 Å². The van der Waals surface area contributed by atoms with Crippen LogP contribution in [0, 0.1) is 5.82 Å². The molecule has 0 bridgehead atoms. The van der Waals surface area contributed by atoms with Gasteiger partial charge in [-0.25, -0.2) is 4.39 Å². The van der Waals surface area contributed by atoms with E-state index in [2.05, 4.69) is 5.32 Å². The average molecular weight is 265 g/mol. The fourth-order valence-corrected chi connectivity index (χ4v) is 2.23. The second kappa shape index (κ2) is 6.02. The Balaban J connectivity index is 2.20. The summed E-state index contributed by atoms with van der Waals surface area (Å²) in [7, 11) is 1.81. The Morgan fingerprint density at radius 3 is 2.84 bits per heavy atom. The van der Waals surface area contributed by atoms with E-state index < -0.39 is 0 Å². The zero-order valence-electron chi connectivity index (χ0n) is 11.4. The topological polar surface area (TPSA) is 35.6 Å². The number of halogens is 1. The van der Waals surface area contributed by atoms with E-state index in [0.29, 0.717) is 19.6 Å². The molecular weight excluding hydrogens is 245 g/mol. The number of amides is 1. The number of benzene rings is 1. The molecule has 0 spiro atoms. The number of carbonyl (C=O) groups excluding carboxylic acids is 1. The van der Waals surface area contributed by atoms with Crippen molar-refractivity contribution in [3.8, 4) is 0 Å². The number of hydrogen-bond acceptors (Lipinski definition) is 3. The van der Waals surface area contributed by atoms with Crippen LogP contribution in [0.15, 0.2) is 18.2 Å². The molecule has 0 aromatic heterocycles. The van der Waals surface area contributed by atoms with Crippen molar-refractivity contribution in [2.45, 2.75) is 13.5 Å². The minimum absolute atomic E-state index is 0.102. The van der Waals surface area contributed by atoms with Crippen molar-refractivity contribution in [3.05, 3.63) is 29.6 Å². The normalized spacial score (nSPS) is 16.1. The van der Waals surface area contributed by atoms with Crippen molar-refractivity contribution in [1.29, 1.82) is 0 Å². The quantitative estimate of drug-likeness (QED) is 0.889. The summed E-state index contributed by atoms with van der Waals surface area (Å²) in [5, 5.41) is 3.20. The number of nitrogens with one attached hydrogen (secondary N) is 1. The maximum absolute atomic E-state index is 13.4. The average Bonchev–Trinajstić information content (AvgIpc) is 2.40. The van der Waals surface area contributed by atoms with Crippen molar-refractivity contribution in [2.24, 2.45) is 0 Å². The number of likely N-dealkylation sites (N-methyl/N-ethyl adjacent to an activating group) is 1. The van der Waals surface area contributed by atoms with Gasteiger partial charge in [0.15, 0.2) is 0 Å². The molecule has 0 aliphatic carbocycles. The summed E-state index contributed by atoms with van der Waals surface area (Å²) >= 11 is 0. The van der Waals surface area contributed by atoms with Gasteiger partial charge in [0.05, 0.1) is 6.54 Å². The van der Waals surface area contributed by atoms with Gasteiger partial charge in [0.2, 0.25) is 5.91 Å². The Hall–Kier alpha value is -1.62. The van der Waals surface area contributed by atoms with Gasteiger partial charge in [0.1, 0.15) is 5.82 Å². The molecule has 1 aliphatic rings. The first-order valence-electron chi connectivity index (χ1n) is 6.60. The molecule has 1 aromatic carbocycles. The van der Waals surface area contributed by atoms with Gasteiger partial charge < -0.3 is 15.1 Å². The van der Waals surface area contributed by atoms with Crippen LogP contribution in [0.25, 0.3) is 0 Å². The van der Waals surface area contributed by atoms with Crippen LogP contribution < -0.4 is 10.2 Å². The monoisotopic (exact) mass is 265 g/mol. The minimum atomic E-state index is -0.239. The molecule has 2 rings (SSSR count). The largest absolute Gasteiger partial charge is 0.360 e. The van der Waals surface area contributed by atoms with Crippen LogP contribution in [-0.4, -0.2) is 44.0 Å². The second-order valence-electron chi connectivity index (χ2n) is 4.79. The fourth-order valence-electron chi connectivity index (χ4n) is 2.23. The molecule has 0 unspecified atom stereocenters. The first kappa shape index (κ1) is 13.8. The highest BCUT2D eigenvalue weighted by Gasteiger charge is 2.22. The second-order valence-corrected chi connectivity index (χ2v) is 4.79. The molecule has 4 nitrogen and oxygen atoms in total. The third kappa shape index (κ3) is 3.23. The maximum atomic E-state index is 13.4. The van der Waals surface area contributed by atoms with Gasteiger partial charge in [0, 0.05) is 32.4 Å². The fraction of sp³-hybridized carbons (Fsp3) is 0.500. The van der Waals surface area contributed by atoms with E-state index in [4.69, 9.17) is 0 Å². The molecule has 1 saturated heterocycles. The number of nitrogens with zero attached hydrogens (tertiary/aromatic N) is 2. The third-order valence-electron chi connectivity index (χ3n) is 3.40. The Labute approximate surface area is 113 Å². The third-order valence-corrected chi connectivity index (χ3v) is 3.40. The molecule has 19 heavy (non-hydrogen) atoms. The highest BCUT2D eigenvalue weighted by Crippen LogP contribution is 2.23. The zero-order chi connectivity index (χ0) is 13.8. The summed E-state index contributed by atoms with van der Waals surface area (Å²) in [4.78, 5) is 15.5. The van der Waals surface area contributed by atoms with Crippen LogP contribution in [0.5, 0.6) is 0 Å². The number of rotatable bonds is 4. The van der Waals surface area contributed by atoms with Crippen molar-refractivity contribution in [3.63, 3.8) is 0 Å². The molecule has 1 aromatic rings. The molecule has 1 N–H and O–H groups in total. The molecule has 5 heteroatoms. The van der Waals surface area contributed by atoms with Crippen molar-refractivity contribution in [1.82, 2.24) is 10.2 Å². The Bertz CT molecular complexity index is 464. The SMILES string of the molecule is CCNCc1cc(F)ccc1N1CCN(C)C(=O)C1. The van der Waals surface area contributed by atoms with E-state index in [9.17, 15) is 9.18 Å². The van der Waals surface area contributed by atoms with Crippen LogP contribution in [0.2, 0.25) is 0 Å². The van der Waals surface area contributed by atoms with Gasteiger partial charge in [-0.2, -0.15) is 0 Å². The van der Waals surface area contributed by atoms with E-state index in [0.717, 1.165) is 24.3 Å². The summed E-state index contributed by atoms with van der Waals surface area (Å²) in [5.41, 5.74) is 1.85. The van der Waals surface area contributed by atoms with Gasteiger partial charge >= 0.3 is 0 Å². The molecular formula is C14H20FN3O. The van der Waals surface area contributed by atoms with Crippen LogP contribution in [0.4, 0.5) is 10.1 Å². The molecule has 0 saturated carbocycles. The van der Waals surface area contributed by atoms with E-state index >= 15 is 0 Å². The van der Waals surface area contributed by atoms with Gasteiger partial charge in [-0.1, -0.05) is 6.92 Å². The lowest BCUT2D eigenvalue weighted by molar-refractivity contribution is -0.129. The molecule has 0 atom stereocenters. The molecule has 1 aliphatic heterocycles. The first-order chi connectivity index (χ1) is 9.11. The Morgan fingerprint density at radius 2 is 2.16 bits per heavy atom. The predicted octanol–water partition coefficient (Wildman–Crippen LogP) is 1.21. The maximum Gasteiger partial charge on any atom is 0.241 e. The molecule has 0 radical (unpaired) electrons. The van der Waals surface area contributed by atoms with Crippen LogP contribution in [0.1, 0.15) is 12.5 Å². The molecule has 1 heterocycles. The van der Waals surface area contributed by atoms with E-state index in [1.165, 1.54) is 6.07 Å². The Morgan fingerprint density at radius 1 is 1.37 bits per heavy atom. The van der Waals surface area contributed by atoms with E-state index in [-0.39, 0.29) is 11.7 Å². The van der Waals surface area contributed by atoms with Crippen LogP contribution in [-0.2, 0) is 11.3 Å². The van der Waals surface area contributed by atoms with Gasteiger partial charge in [-0.3, -0.25) is 4.79 Å². The molecule has 104 valence electrons. The van der Waals surface area contributed by atoms with Gasteiger partial charge in [-0.05, 0) is 30.3 Å². The summed E-state index contributed by atoms with van der Waals surface area (Å²) < 4.78 is 13.4. The number of anilines is 1. The van der Waals surface area contributed by atoms with Crippen molar-refractivity contribution >= 4 is 11.6 Å². The van der Waals surface area contributed by atoms with Gasteiger partial charge in [-0.15, -0.1) is 0 Å². The zero-order valence-corrected chi connectivity index (χ0v) is 11.4. The highest BCUT2D eigenvalue weighted by atomic mass is 19.1. The summed E-state index contributed by atoms with van der Waals surface area (Å²) in [5.74, 6) is -0.137. The van der Waals surface area contributed by atoms with Crippen LogP contribution >= 0.6 is 0 Å². The van der Waals surface area contributed by atoms with Crippen LogP contribution in [0.3, 0.4) is 0 Å². The predicted molar refractivity (Wildman–Crippen MR) is 73.6 cm³/mol. The lowest BCUT2D eigenvalue weighted by Crippen LogP contribution is -2.48. The number of carbonyl (C=O) groups is 1. The van der Waals surface area contributed by atoms with E-state index in [1.807, 2.05) is 18.9 Å². The summed E-state index contributed by atoms with van der Waals surface area (Å²) in [6.07, 6.45) is 0. The lowest BCUT2D eigenvalue weighted by atomic mass is 10.1. The highest BCUT2D eigenvalue weighted by molar-refractivity contribution is 5.83. The standard InChI is InChI=1S/C14H20FN3O/c1-3-16-9-11-8-12(15)4-5-13(11)18-7-6-17(2)14(19)10-18/h4-5,8,16H,3,6-7,9-10H2,1-2H3. The first-order valence-corrected chi connectivity index (χ1v) is 6.60. The van der Waals surface area contributed by atoms with Crippen molar-refractivity contribution < 1.29 is 9.18 Å². The minimum Gasteiger partial charge on any atom is -0.360 e. The number of piperazine rings is 1. The van der Waals surface area contributed by atoms with E-state index in [1.54, 1.807) is 17.0 Å². The molecule has 1 amide bonds. The van der Waals surface area contributed by atoms with Gasteiger partial charge in [0.25, 0.3) is 0 Å². The Kier molecular flexibility index (Phi) is 4.37. The number of hydrogen-bond donors (Lipinski definition) is 1. The lowest BCUT2D eigenvalue weighted by Gasteiger charge is -2.34.